The quantitative estimate of drug-likeness (QED) is 0.938. The second kappa shape index (κ2) is 6.34. The topological polar surface area (TPSA) is 72.1 Å². The first kappa shape index (κ1) is 14.3. The molecule has 0 unspecified atom stereocenters. The molecule has 2 aromatic rings. The molecule has 0 atom stereocenters. The summed E-state index contributed by atoms with van der Waals surface area (Å²) in [4.78, 5) is 22.1. The fourth-order valence-corrected chi connectivity index (χ4v) is 1.98. The molecule has 2 N–H and O–H groups in total. The van der Waals surface area contributed by atoms with Crippen molar-refractivity contribution in [1.29, 1.82) is 0 Å². The van der Waals surface area contributed by atoms with Crippen LogP contribution in [0.15, 0.2) is 36.7 Å². The van der Waals surface area contributed by atoms with Crippen LogP contribution in [0, 0.1) is 0 Å². The number of nitrogen functional groups attached to an aromatic ring is 1. The third-order valence-electron chi connectivity index (χ3n) is 2.86. The van der Waals surface area contributed by atoms with Crippen LogP contribution in [0.1, 0.15) is 23.0 Å². The van der Waals surface area contributed by atoms with Gasteiger partial charge in [-0.3, -0.25) is 9.78 Å². The van der Waals surface area contributed by atoms with Crippen molar-refractivity contribution in [1.82, 2.24) is 14.9 Å². The summed E-state index contributed by atoms with van der Waals surface area (Å²) >= 11 is 6.02. The number of aromatic nitrogens is 2. The molecule has 6 heteroatoms. The summed E-state index contributed by atoms with van der Waals surface area (Å²) in [6, 6.07) is 6.88. The van der Waals surface area contributed by atoms with Crippen LogP contribution in [0.25, 0.3) is 0 Å². The van der Waals surface area contributed by atoms with Gasteiger partial charge in [0.15, 0.2) is 0 Å². The van der Waals surface area contributed by atoms with Gasteiger partial charge in [0.2, 0.25) is 0 Å². The van der Waals surface area contributed by atoms with Gasteiger partial charge in [-0.05, 0) is 36.8 Å². The highest BCUT2D eigenvalue weighted by atomic mass is 35.5. The Bertz CT molecular complexity index is 603. The Hall–Kier alpha value is -2.14. The van der Waals surface area contributed by atoms with Gasteiger partial charge in [0.05, 0.1) is 5.02 Å². The van der Waals surface area contributed by atoms with Crippen molar-refractivity contribution in [2.75, 3.05) is 12.3 Å². The molecule has 0 aliphatic carbocycles. The highest BCUT2D eigenvalue weighted by molar-refractivity contribution is 6.33. The lowest BCUT2D eigenvalue weighted by Crippen LogP contribution is -2.31. The first-order valence-corrected chi connectivity index (χ1v) is 6.59. The third-order valence-corrected chi connectivity index (χ3v) is 3.17. The second-order valence-corrected chi connectivity index (χ2v) is 4.65. The Kier molecular flexibility index (Phi) is 4.53. The van der Waals surface area contributed by atoms with Gasteiger partial charge in [-0.1, -0.05) is 11.6 Å². The van der Waals surface area contributed by atoms with E-state index in [1.54, 1.807) is 29.4 Å². The maximum Gasteiger partial charge on any atom is 0.274 e. The number of anilines is 1. The van der Waals surface area contributed by atoms with Gasteiger partial charge >= 0.3 is 0 Å². The van der Waals surface area contributed by atoms with Crippen molar-refractivity contribution in [3.63, 3.8) is 0 Å². The predicted molar refractivity (Wildman–Crippen MR) is 78.3 cm³/mol. The van der Waals surface area contributed by atoms with E-state index in [2.05, 4.69) is 9.97 Å². The first-order valence-electron chi connectivity index (χ1n) is 6.22. The molecule has 1 amide bonds. The summed E-state index contributed by atoms with van der Waals surface area (Å²) in [7, 11) is 0. The number of pyridine rings is 2. The van der Waals surface area contributed by atoms with Gasteiger partial charge in [0.1, 0.15) is 11.5 Å². The Morgan fingerprint density at radius 2 is 2.00 bits per heavy atom. The highest BCUT2D eigenvalue weighted by Crippen LogP contribution is 2.18. The Morgan fingerprint density at radius 1 is 1.30 bits per heavy atom. The zero-order chi connectivity index (χ0) is 14.5. The van der Waals surface area contributed by atoms with Crippen molar-refractivity contribution in [3.05, 3.63) is 52.9 Å². The molecule has 0 aliphatic heterocycles. The van der Waals surface area contributed by atoms with E-state index in [1.165, 1.54) is 0 Å². The normalized spacial score (nSPS) is 10.3. The molecule has 0 saturated carbocycles. The van der Waals surface area contributed by atoms with Crippen LogP contribution < -0.4 is 5.73 Å². The van der Waals surface area contributed by atoms with E-state index < -0.39 is 0 Å². The summed E-state index contributed by atoms with van der Waals surface area (Å²) in [5, 5.41) is 0.303. The largest absolute Gasteiger partial charge is 0.384 e. The van der Waals surface area contributed by atoms with E-state index in [9.17, 15) is 4.79 Å². The van der Waals surface area contributed by atoms with E-state index in [1.807, 2.05) is 19.1 Å². The molecule has 104 valence electrons. The number of nitrogens with two attached hydrogens (primary N) is 1. The van der Waals surface area contributed by atoms with Crippen LogP contribution in [0.5, 0.6) is 0 Å². The monoisotopic (exact) mass is 290 g/mol. The number of carbonyl (C=O) groups is 1. The fourth-order valence-electron chi connectivity index (χ4n) is 1.79. The Balaban J connectivity index is 2.23. The van der Waals surface area contributed by atoms with Crippen molar-refractivity contribution in [2.45, 2.75) is 13.5 Å². The number of nitrogens with zero attached hydrogens (tertiary/aromatic N) is 3. The zero-order valence-electron chi connectivity index (χ0n) is 11.1. The summed E-state index contributed by atoms with van der Waals surface area (Å²) < 4.78 is 0. The van der Waals surface area contributed by atoms with Gasteiger partial charge in [0.25, 0.3) is 5.91 Å². The van der Waals surface area contributed by atoms with Crippen molar-refractivity contribution < 1.29 is 4.79 Å². The minimum atomic E-state index is -0.235. The third kappa shape index (κ3) is 3.24. The number of hydrogen-bond donors (Lipinski definition) is 1. The molecule has 2 heterocycles. The lowest BCUT2D eigenvalue weighted by Gasteiger charge is -2.21. The predicted octanol–water partition coefficient (Wildman–Crippen LogP) is 2.37. The van der Waals surface area contributed by atoms with E-state index in [0.717, 1.165) is 5.56 Å². The van der Waals surface area contributed by atoms with E-state index in [4.69, 9.17) is 17.3 Å². The molecule has 0 spiro atoms. The Morgan fingerprint density at radius 3 is 2.65 bits per heavy atom. The van der Waals surface area contributed by atoms with Gasteiger partial charge < -0.3 is 10.6 Å². The van der Waals surface area contributed by atoms with Gasteiger partial charge in [-0.15, -0.1) is 0 Å². The van der Waals surface area contributed by atoms with E-state index >= 15 is 0 Å². The standard InChI is InChI=1S/C14H15ClN4O/c1-2-19(9-10-5-7-17-8-6-10)14(20)13-11(15)3-4-12(16)18-13/h3-8H,2,9H2,1H3,(H2,16,18). The summed E-state index contributed by atoms with van der Waals surface area (Å²) in [5.41, 5.74) is 6.79. The number of halogens is 1. The summed E-state index contributed by atoms with van der Waals surface area (Å²) in [6.07, 6.45) is 3.39. The van der Waals surface area contributed by atoms with Crippen molar-refractivity contribution in [3.8, 4) is 0 Å². The van der Waals surface area contributed by atoms with Crippen LogP contribution in [0.2, 0.25) is 5.02 Å². The smallest absolute Gasteiger partial charge is 0.274 e. The minimum absolute atomic E-state index is 0.183. The van der Waals surface area contributed by atoms with Gasteiger partial charge in [-0.2, -0.15) is 0 Å². The first-order chi connectivity index (χ1) is 9.61. The molecular weight excluding hydrogens is 276 g/mol. The SMILES string of the molecule is CCN(Cc1ccncc1)C(=O)c1nc(N)ccc1Cl. The number of amides is 1. The van der Waals surface area contributed by atoms with Crippen LogP contribution in [0.4, 0.5) is 5.82 Å². The minimum Gasteiger partial charge on any atom is -0.384 e. The van der Waals surface area contributed by atoms with E-state index in [0.29, 0.717) is 18.1 Å². The van der Waals surface area contributed by atoms with Crippen LogP contribution in [0.3, 0.4) is 0 Å². The zero-order valence-corrected chi connectivity index (χ0v) is 11.8. The maximum absolute atomic E-state index is 12.5. The summed E-state index contributed by atoms with van der Waals surface area (Å²) in [5.74, 6) is 0.0410. The molecule has 0 saturated heterocycles. The number of rotatable bonds is 4. The average Bonchev–Trinajstić information content (AvgIpc) is 2.47. The molecule has 0 aromatic carbocycles. The average molecular weight is 291 g/mol. The van der Waals surface area contributed by atoms with Crippen LogP contribution in [-0.4, -0.2) is 27.3 Å². The molecule has 2 aromatic heterocycles. The molecule has 0 bridgehead atoms. The van der Waals surface area contributed by atoms with Gasteiger partial charge in [0, 0.05) is 25.5 Å². The van der Waals surface area contributed by atoms with Crippen molar-refractivity contribution in [2.24, 2.45) is 0 Å². The lowest BCUT2D eigenvalue weighted by atomic mass is 10.2. The maximum atomic E-state index is 12.5. The fraction of sp³-hybridized carbons (Fsp3) is 0.214. The van der Waals surface area contributed by atoms with Gasteiger partial charge in [-0.25, -0.2) is 4.98 Å². The number of hydrogen-bond acceptors (Lipinski definition) is 4. The molecule has 0 fully saturated rings. The van der Waals surface area contributed by atoms with E-state index in [-0.39, 0.29) is 17.4 Å². The highest BCUT2D eigenvalue weighted by Gasteiger charge is 2.19. The molecule has 20 heavy (non-hydrogen) atoms. The molecule has 5 nitrogen and oxygen atoms in total. The lowest BCUT2D eigenvalue weighted by molar-refractivity contribution is 0.0747. The molecule has 0 aliphatic rings. The Labute approximate surface area is 122 Å². The second-order valence-electron chi connectivity index (χ2n) is 4.24. The summed E-state index contributed by atoms with van der Waals surface area (Å²) in [6.45, 7) is 2.93. The van der Waals surface area contributed by atoms with Crippen molar-refractivity contribution >= 4 is 23.3 Å². The number of carbonyl (C=O) groups excluding carboxylic acids is 1. The van der Waals surface area contributed by atoms with Crippen LogP contribution in [-0.2, 0) is 6.54 Å². The van der Waals surface area contributed by atoms with Crippen LogP contribution >= 0.6 is 11.6 Å². The molecule has 0 radical (unpaired) electrons. The molecule has 2 rings (SSSR count). The molecular formula is C14H15ClN4O.